The molecule has 0 saturated carbocycles. The number of hydrogen-bond donors (Lipinski definition) is 0. The van der Waals surface area contributed by atoms with Crippen molar-refractivity contribution in [3.05, 3.63) is 58.6 Å². The second-order valence-corrected chi connectivity index (χ2v) is 13.5. The van der Waals surface area contributed by atoms with Crippen LogP contribution in [0.25, 0.3) is 20.3 Å². The van der Waals surface area contributed by atoms with E-state index in [-0.39, 0.29) is 42.1 Å². The molecule has 1 fully saturated rings. The zero-order valence-electron chi connectivity index (χ0n) is 19.5. The van der Waals surface area contributed by atoms with E-state index in [0.29, 0.717) is 9.90 Å². The number of thiophene rings is 2. The van der Waals surface area contributed by atoms with Gasteiger partial charge in [0.1, 0.15) is 4.21 Å². The number of halogens is 1. The minimum atomic E-state index is -3.82. The standard InChI is InChI=1S/C24H23ClN4O4S3/c1-27(2)22(30)12-17-14-28(36(32,33)23-10-15-5-6-16(25)11-20(15)35-23)8-9-29(17)24(31)21-13-18-19(34-21)4-3-7-26-18/h3-7,10-11,13,17H,8-9,12,14H2,1-2H3. The molecule has 188 valence electrons. The van der Waals surface area contributed by atoms with Crippen molar-refractivity contribution in [1.82, 2.24) is 19.1 Å². The first kappa shape index (κ1) is 25.1. The fourth-order valence-electron chi connectivity index (χ4n) is 4.22. The minimum Gasteiger partial charge on any atom is -0.349 e. The lowest BCUT2D eigenvalue weighted by Gasteiger charge is -2.40. The van der Waals surface area contributed by atoms with Crippen LogP contribution in [0.5, 0.6) is 0 Å². The van der Waals surface area contributed by atoms with Crippen LogP contribution in [-0.2, 0) is 14.8 Å². The summed E-state index contributed by atoms with van der Waals surface area (Å²) in [6.45, 7) is 0.354. The molecule has 1 atom stereocenters. The van der Waals surface area contributed by atoms with Crippen LogP contribution in [0.4, 0.5) is 0 Å². The van der Waals surface area contributed by atoms with Gasteiger partial charge in [-0.2, -0.15) is 4.31 Å². The summed E-state index contributed by atoms with van der Waals surface area (Å²) in [6.07, 6.45) is 1.70. The molecule has 2 amide bonds. The number of carbonyl (C=O) groups excluding carboxylic acids is 2. The predicted octanol–water partition coefficient (Wildman–Crippen LogP) is 4.16. The Morgan fingerprint density at radius 1 is 1.11 bits per heavy atom. The largest absolute Gasteiger partial charge is 0.349 e. The van der Waals surface area contributed by atoms with Crippen molar-refractivity contribution in [3.63, 3.8) is 0 Å². The molecule has 1 aliphatic rings. The summed E-state index contributed by atoms with van der Waals surface area (Å²) in [5.74, 6) is -0.394. The summed E-state index contributed by atoms with van der Waals surface area (Å²) in [5, 5.41) is 1.34. The van der Waals surface area contributed by atoms with E-state index in [1.54, 1.807) is 55.5 Å². The van der Waals surface area contributed by atoms with Crippen LogP contribution < -0.4 is 0 Å². The molecule has 4 aromatic rings. The van der Waals surface area contributed by atoms with E-state index < -0.39 is 16.1 Å². The van der Waals surface area contributed by atoms with Gasteiger partial charge in [-0.3, -0.25) is 14.6 Å². The normalized spacial score (nSPS) is 17.1. The highest BCUT2D eigenvalue weighted by atomic mass is 35.5. The third kappa shape index (κ3) is 4.73. The topological polar surface area (TPSA) is 90.9 Å². The van der Waals surface area contributed by atoms with Gasteiger partial charge in [0.05, 0.1) is 21.1 Å². The van der Waals surface area contributed by atoms with E-state index in [1.165, 1.54) is 20.5 Å². The molecule has 4 heterocycles. The van der Waals surface area contributed by atoms with Crippen LogP contribution in [-0.4, -0.2) is 79.1 Å². The summed E-state index contributed by atoms with van der Waals surface area (Å²) >= 11 is 8.58. The van der Waals surface area contributed by atoms with Gasteiger partial charge in [-0.25, -0.2) is 8.42 Å². The van der Waals surface area contributed by atoms with Crippen molar-refractivity contribution in [2.75, 3.05) is 33.7 Å². The quantitative estimate of drug-likeness (QED) is 0.364. The fraction of sp³-hybridized carbons (Fsp3) is 0.292. The molecular formula is C24H23ClN4O4S3. The van der Waals surface area contributed by atoms with Crippen molar-refractivity contribution in [2.24, 2.45) is 0 Å². The number of fused-ring (bicyclic) bond motifs is 2. The maximum atomic E-state index is 13.6. The smallest absolute Gasteiger partial charge is 0.264 e. The van der Waals surface area contributed by atoms with E-state index in [4.69, 9.17) is 11.6 Å². The fourth-order valence-corrected chi connectivity index (χ4v) is 8.50. The molecule has 0 spiro atoms. The van der Waals surface area contributed by atoms with Crippen LogP contribution in [0.2, 0.25) is 5.02 Å². The predicted molar refractivity (Wildman–Crippen MR) is 143 cm³/mol. The Balaban J connectivity index is 1.44. The number of sulfonamides is 1. The van der Waals surface area contributed by atoms with Gasteiger partial charge in [0, 0.05) is 56.1 Å². The number of nitrogens with zero attached hydrogens (tertiary/aromatic N) is 4. The van der Waals surface area contributed by atoms with Gasteiger partial charge >= 0.3 is 0 Å². The van der Waals surface area contributed by atoms with Crippen LogP contribution >= 0.6 is 34.3 Å². The zero-order chi connectivity index (χ0) is 25.6. The number of benzene rings is 1. The monoisotopic (exact) mass is 562 g/mol. The maximum Gasteiger partial charge on any atom is 0.264 e. The Kier molecular flexibility index (Phi) is 6.77. The number of pyridine rings is 1. The number of aromatic nitrogens is 1. The van der Waals surface area contributed by atoms with Crippen molar-refractivity contribution in [1.29, 1.82) is 0 Å². The molecule has 0 N–H and O–H groups in total. The van der Waals surface area contributed by atoms with Gasteiger partial charge in [-0.1, -0.05) is 17.7 Å². The van der Waals surface area contributed by atoms with E-state index in [2.05, 4.69) is 4.98 Å². The Labute approximate surface area is 221 Å². The number of hydrogen-bond acceptors (Lipinski definition) is 7. The summed E-state index contributed by atoms with van der Waals surface area (Å²) in [6, 6.07) is 11.8. The molecule has 0 bridgehead atoms. The van der Waals surface area contributed by atoms with Gasteiger partial charge in [0.25, 0.3) is 15.9 Å². The molecular weight excluding hydrogens is 540 g/mol. The average molecular weight is 563 g/mol. The zero-order valence-corrected chi connectivity index (χ0v) is 22.8. The van der Waals surface area contributed by atoms with E-state index in [0.717, 1.165) is 31.6 Å². The van der Waals surface area contributed by atoms with E-state index >= 15 is 0 Å². The Morgan fingerprint density at radius 2 is 1.92 bits per heavy atom. The van der Waals surface area contributed by atoms with Gasteiger partial charge < -0.3 is 9.80 Å². The first-order valence-electron chi connectivity index (χ1n) is 11.2. The first-order chi connectivity index (χ1) is 17.1. The van der Waals surface area contributed by atoms with Crippen LogP contribution in [0.1, 0.15) is 16.1 Å². The second kappa shape index (κ2) is 9.71. The lowest BCUT2D eigenvalue weighted by molar-refractivity contribution is -0.130. The first-order valence-corrected chi connectivity index (χ1v) is 14.6. The molecule has 5 rings (SSSR count). The number of carbonyl (C=O) groups is 2. The summed E-state index contributed by atoms with van der Waals surface area (Å²) in [4.78, 5) is 34.1. The van der Waals surface area contributed by atoms with Crippen molar-refractivity contribution in [2.45, 2.75) is 16.7 Å². The third-order valence-corrected chi connectivity index (χ3v) is 10.9. The highest BCUT2D eigenvalue weighted by molar-refractivity contribution is 7.91. The van der Waals surface area contributed by atoms with Crippen LogP contribution in [0, 0.1) is 0 Å². The molecule has 1 aliphatic heterocycles. The molecule has 3 aromatic heterocycles. The highest BCUT2D eigenvalue weighted by Crippen LogP contribution is 2.34. The number of piperazine rings is 1. The third-order valence-electron chi connectivity index (χ3n) is 6.17. The van der Waals surface area contributed by atoms with Crippen molar-refractivity contribution in [3.8, 4) is 0 Å². The van der Waals surface area contributed by atoms with Crippen LogP contribution in [0.3, 0.4) is 0 Å². The molecule has 1 aromatic carbocycles. The summed E-state index contributed by atoms with van der Waals surface area (Å²) in [5.41, 5.74) is 0.734. The Bertz CT molecular complexity index is 1550. The highest BCUT2D eigenvalue weighted by Gasteiger charge is 2.38. The second-order valence-electron chi connectivity index (χ2n) is 8.75. The molecule has 12 heteroatoms. The van der Waals surface area contributed by atoms with Crippen molar-refractivity contribution < 1.29 is 18.0 Å². The van der Waals surface area contributed by atoms with Gasteiger partial charge in [0.2, 0.25) is 5.91 Å². The van der Waals surface area contributed by atoms with Gasteiger partial charge in [0.15, 0.2) is 0 Å². The molecule has 0 aliphatic carbocycles. The maximum absolute atomic E-state index is 13.6. The Hall–Kier alpha value is -2.57. The molecule has 36 heavy (non-hydrogen) atoms. The van der Waals surface area contributed by atoms with Gasteiger partial charge in [-0.05, 0) is 41.8 Å². The SMILES string of the molecule is CN(C)C(=O)CC1CN(S(=O)(=O)c2cc3ccc(Cl)cc3s2)CCN1C(=O)c1cc2ncccc2s1. The van der Waals surface area contributed by atoms with E-state index in [1.807, 2.05) is 12.1 Å². The lowest BCUT2D eigenvalue weighted by atomic mass is 10.1. The van der Waals surface area contributed by atoms with Crippen molar-refractivity contribution >= 4 is 76.4 Å². The Morgan fingerprint density at radius 3 is 2.67 bits per heavy atom. The number of amides is 2. The molecule has 8 nitrogen and oxygen atoms in total. The lowest BCUT2D eigenvalue weighted by Crippen LogP contribution is -2.57. The molecule has 1 saturated heterocycles. The minimum absolute atomic E-state index is 0.0237. The summed E-state index contributed by atoms with van der Waals surface area (Å²) < 4.78 is 30.4. The summed E-state index contributed by atoms with van der Waals surface area (Å²) in [7, 11) is -0.532. The van der Waals surface area contributed by atoms with Crippen LogP contribution in [0.15, 0.2) is 52.9 Å². The van der Waals surface area contributed by atoms with Gasteiger partial charge in [-0.15, -0.1) is 22.7 Å². The average Bonchev–Trinajstić information content (AvgIpc) is 3.48. The molecule has 1 unspecified atom stereocenters. The molecule has 0 radical (unpaired) electrons. The number of rotatable bonds is 5. The van der Waals surface area contributed by atoms with E-state index in [9.17, 15) is 18.0 Å².